The summed E-state index contributed by atoms with van der Waals surface area (Å²) in [5, 5.41) is 2.13. The summed E-state index contributed by atoms with van der Waals surface area (Å²) in [4.78, 5) is 34.7. The smallest absolute Gasteiger partial charge is 0.273 e. The maximum absolute atomic E-state index is 11.8. The fourth-order valence-electron chi connectivity index (χ4n) is 2.18. The first-order valence-corrected chi connectivity index (χ1v) is 7.83. The van der Waals surface area contributed by atoms with Gasteiger partial charge in [0.25, 0.3) is 5.91 Å². The van der Waals surface area contributed by atoms with E-state index in [1.54, 1.807) is 37.3 Å². The zero-order chi connectivity index (χ0) is 17.2. The molecule has 7 nitrogen and oxygen atoms in total. The van der Waals surface area contributed by atoms with E-state index in [4.69, 9.17) is 0 Å². The highest BCUT2D eigenvalue weighted by molar-refractivity contribution is 6.01. The second kappa shape index (κ2) is 9.55. The van der Waals surface area contributed by atoms with Crippen LogP contribution in [0.4, 0.5) is 5.95 Å². The van der Waals surface area contributed by atoms with Crippen LogP contribution >= 0.6 is 0 Å². The van der Waals surface area contributed by atoms with Crippen LogP contribution in [0.1, 0.15) is 32.4 Å². The van der Waals surface area contributed by atoms with Gasteiger partial charge in [0.05, 0.1) is 5.69 Å². The van der Waals surface area contributed by atoms with Crippen LogP contribution in [0, 0.1) is 0 Å². The van der Waals surface area contributed by atoms with E-state index >= 15 is 0 Å². The third kappa shape index (κ3) is 5.36. The molecule has 0 aromatic carbocycles. The van der Waals surface area contributed by atoms with Crippen molar-refractivity contribution in [1.82, 2.24) is 20.2 Å². The van der Waals surface area contributed by atoms with E-state index in [9.17, 15) is 9.59 Å². The van der Waals surface area contributed by atoms with E-state index in [0.29, 0.717) is 23.7 Å². The molecule has 1 saturated heterocycles. The molecule has 1 fully saturated rings. The number of likely N-dealkylation sites (N-methyl/N-ethyl adjacent to an activating group) is 1. The Morgan fingerprint density at radius 2 is 1.96 bits per heavy atom. The number of amides is 2. The minimum Gasteiger partial charge on any atom is -0.373 e. The summed E-state index contributed by atoms with van der Waals surface area (Å²) in [7, 11) is 3.47. The Balaban J connectivity index is 0.00000127. The van der Waals surface area contributed by atoms with Gasteiger partial charge in [0.2, 0.25) is 12.4 Å². The third-order valence-electron chi connectivity index (χ3n) is 3.24. The molecule has 7 heteroatoms. The standard InChI is InChI=1S/C14H19N5O2.C2H6/c1-18(2)12(13(21)16-10-20)9-11-5-6-15-14(17-11)19-7-3-4-8-19;1-2/h5-6,9-10H,3-4,7-8H2,1-2H3,(H,16,20,21);1-2H3/b12-9-;. The number of aromatic nitrogens is 2. The van der Waals surface area contributed by atoms with E-state index in [-0.39, 0.29) is 0 Å². The molecule has 23 heavy (non-hydrogen) atoms. The number of hydrogen-bond acceptors (Lipinski definition) is 6. The van der Waals surface area contributed by atoms with Crippen molar-refractivity contribution < 1.29 is 9.59 Å². The molecule has 0 atom stereocenters. The predicted molar refractivity (Wildman–Crippen MR) is 90.7 cm³/mol. The molecule has 0 unspecified atom stereocenters. The lowest BCUT2D eigenvalue weighted by Gasteiger charge is -2.17. The van der Waals surface area contributed by atoms with Gasteiger partial charge in [-0.1, -0.05) is 13.8 Å². The number of imide groups is 1. The Labute approximate surface area is 137 Å². The molecule has 2 rings (SSSR count). The minimum atomic E-state index is -0.462. The van der Waals surface area contributed by atoms with Gasteiger partial charge in [0.1, 0.15) is 5.70 Å². The van der Waals surface area contributed by atoms with E-state index < -0.39 is 5.91 Å². The van der Waals surface area contributed by atoms with Crippen LogP contribution in [0.25, 0.3) is 6.08 Å². The van der Waals surface area contributed by atoms with Crippen molar-refractivity contribution in [2.24, 2.45) is 0 Å². The van der Waals surface area contributed by atoms with Crippen LogP contribution in [-0.2, 0) is 9.59 Å². The van der Waals surface area contributed by atoms with Gasteiger partial charge < -0.3 is 9.80 Å². The second-order valence-corrected chi connectivity index (χ2v) is 4.99. The van der Waals surface area contributed by atoms with Gasteiger partial charge >= 0.3 is 0 Å². The highest BCUT2D eigenvalue weighted by atomic mass is 16.2. The van der Waals surface area contributed by atoms with Crippen molar-refractivity contribution in [2.45, 2.75) is 26.7 Å². The topological polar surface area (TPSA) is 78.4 Å². The fourth-order valence-corrected chi connectivity index (χ4v) is 2.18. The molecule has 0 bridgehead atoms. The Hall–Kier alpha value is -2.44. The predicted octanol–water partition coefficient (Wildman–Crippen LogP) is 1.28. The van der Waals surface area contributed by atoms with E-state index in [1.807, 2.05) is 13.8 Å². The number of nitrogens with one attached hydrogen (secondary N) is 1. The van der Waals surface area contributed by atoms with Crippen LogP contribution in [0.5, 0.6) is 0 Å². The lowest BCUT2D eigenvalue weighted by Crippen LogP contribution is -2.30. The maximum Gasteiger partial charge on any atom is 0.273 e. The molecule has 126 valence electrons. The molecule has 1 aromatic rings. The van der Waals surface area contributed by atoms with Gasteiger partial charge in [0, 0.05) is 33.4 Å². The summed E-state index contributed by atoms with van der Waals surface area (Å²) in [6, 6.07) is 1.73. The van der Waals surface area contributed by atoms with Crippen molar-refractivity contribution in [3.63, 3.8) is 0 Å². The van der Waals surface area contributed by atoms with Crippen molar-refractivity contribution >= 4 is 24.3 Å². The van der Waals surface area contributed by atoms with Crippen molar-refractivity contribution in [1.29, 1.82) is 0 Å². The SMILES string of the molecule is CC.CN(C)/C(=C\c1ccnc(N2CCCC2)n1)C(=O)NC=O. The number of rotatable bonds is 5. The molecule has 0 saturated carbocycles. The van der Waals surface area contributed by atoms with Crippen LogP contribution in [0.3, 0.4) is 0 Å². The van der Waals surface area contributed by atoms with Gasteiger partial charge in [-0.25, -0.2) is 9.97 Å². The van der Waals surface area contributed by atoms with E-state index in [1.165, 1.54) is 0 Å². The number of carbonyl (C=O) groups is 2. The lowest BCUT2D eigenvalue weighted by atomic mass is 10.3. The first-order chi connectivity index (χ1) is 11.1. The molecule has 2 amide bonds. The number of nitrogens with zero attached hydrogens (tertiary/aromatic N) is 4. The van der Waals surface area contributed by atoms with Crippen LogP contribution in [-0.4, -0.2) is 54.4 Å². The zero-order valence-electron chi connectivity index (χ0n) is 14.2. The first-order valence-electron chi connectivity index (χ1n) is 7.83. The van der Waals surface area contributed by atoms with Crippen LogP contribution in [0.2, 0.25) is 0 Å². The number of hydrogen-bond donors (Lipinski definition) is 1. The van der Waals surface area contributed by atoms with E-state index in [0.717, 1.165) is 25.9 Å². The molecule has 1 aliphatic rings. The summed E-state index contributed by atoms with van der Waals surface area (Å²) < 4.78 is 0. The van der Waals surface area contributed by atoms with E-state index in [2.05, 4.69) is 20.2 Å². The average molecular weight is 319 g/mol. The normalized spacial score (nSPS) is 13.9. The molecule has 1 aliphatic heterocycles. The molecule has 1 N–H and O–H groups in total. The summed E-state index contributed by atoms with van der Waals surface area (Å²) in [6.45, 7) is 5.92. The van der Waals surface area contributed by atoms with Gasteiger partial charge in [-0.3, -0.25) is 14.9 Å². The van der Waals surface area contributed by atoms with Crippen molar-refractivity contribution in [3.05, 3.63) is 23.7 Å². The molecule has 0 aliphatic carbocycles. The first kappa shape index (κ1) is 18.6. The maximum atomic E-state index is 11.8. The summed E-state index contributed by atoms with van der Waals surface area (Å²) in [5.41, 5.74) is 0.991. The Morgan fingerprint density at radius 3 is 2.52 bits per heavy atom. The quantitative estimate of drug-likeness (QED) is 0.650. The second-order valence-electron chi connectivity index (χ2n) is 4.99. The average Bonchev–Trinajstić information content (AvgIpc) is 3.09. The molecule has 2 heterocycles. The van der Waals surface area contributed by atoms with Crippen molar-refractivity contribution in [3.8, 4) is 0 Å². The largest absolute Gasteiger partial charge is 0.373 e. The summed E-state index contributed by atoms with van der Waals surface area (Å²) in [6.07, 6.45) is 5.98. The zero-order valence-corrected chi connectivity index (χ0v) is 14.2. The highest BCUT2D eigenvalue weighted by Gasteiger charge is 2.16. The number of carbonyl (C=O) groups excluding carboxylic acids is 2. The fraction of sp³-hybridized carbons (Fsp3) is 0.500. The van der Waals surface area contributed by atoms with Crippen molar-refractivity contribution in [2.75, 3.05) is 32.1 Å². The van der Waals surface area contributed by atoms with Gasteiger partial charge in [-0.15, -0.1) is 0 Å². The molecular weight excluding hydrogens is 294 g/mol. The van der Waals surface area contributed by atoms with Gasteiger partial charge in [-0.05, 0) is 25.0 Å². The van der Waals surface area contributed by atoms with Crippen LogP contribution < -0.4 is 10.2 Å². The third-order valence-corrected chi connectivity index (χ3v) is 3.24. The molecule has 1 aromatic heterocycles. The van der Waals surface area contributed by atoms with Gasteiger partial charge in [0.15, 0.2) is 0 Å². The van der Waals surface area contributed by atoms with Crippen LogP contribution in [0.15, 0.2) is 18.0 Å². The molecule has 0 radical (unpaired) electrons. The minimum absolute atomic E-state index is 0.355. The highest BCUT2D eigenvalue weighted by Crippen LogP contribution is 2.16. The summed E-state index contributed by atoms with van der Waals surface area (Å²) in [5.74, 6) is 0.214. The Morgan fingerprint density at radius 1 is 1.30 bits per heavy atom. The summed E-state index contributed by atoms with van der Waals surface area (Å²) >= 11 is 0. The van der Waals surface area contributed by atoms with Gasteiger partial charge in [-0.2, -0.15) is 0 Å². The Kier molecular flexibility index (Phi) is 7.73. The Bertz CT molecular complexity index is 551. The monoisotopic (exact) mass is 319 g/mol. The molecule has 0 spiro atoms. The molecular formula is C16H25N5O2. The number of anilines is 1. The lowest BCUT2D eigenvalue weighted by molar-refractivity contribution is -0.123.